The molecule has 1 aromatic carbocycles. The molecule has 0 bridgehead atoms. The number of aromatic nitrogens is 1. The molecule has 2 rings (SSSR count). The van der Waals surface area contributed by atoms with E-state index < -0.39 is 42.1 Å². The Hall–Kier alpha value is -3.04. The average Bonchev–Trinajstić information content (AvgIpc) is 2.76. The quantitative estimate of drug-likeness (QED) is 0.286. The summed E-state index contributed by atoms with van der Waals surface area (Å²) in [5.74, 6) is -1.78. The number of pyridine rings is 1. The largest absolute Gasteiger partial charge is 0.493 e. The number of hydrogen-bond acceptors (Lipinski definition) is 9. The van der Waals surface area contributed by atoms with E-state index in [1.807, 2.05) is 0 Å². The minimum Gasteiger partial charge on any atom is -0.493 e. The van der Waals surface area contributed by atoms with Gasteiger partial charge in [-0.15, -0.1) is 0 Å². The fourth-order valence-electron chi connectivity index (χ4n) is 3.07. The van der Waals surface area contributed by atoms with Crippen LogP contribution in [-0.4, -0.2) is 54.2 Å². The standard InChI is InChI=1S/C26H31Cl2NO8/c1-25(2,3)36-21(31)13-34-23-15(19(30)10-16-17(27)11-29-12-18(16)28)8-9-20(33-7)24(23)35-14-22(32)37-26(4,5)6/h8-9,11-12H,10,13-14H2,1-7H3. The van der Waals surface area contributed by atoms with Crippen molar-refractivity contribution in [3.63, 3.8) is 0 Å². The molecular formula is C26H31Cl2NO8. The maximum atomic E-state index is 13.4. The smallest absolute Gasteiger partial charge is 0.344 e. The first-order valence-corrected chi connectivity index (χ1v) is 12.1. The van der Waals surface area contributed by atoms with Gasteiger partial charge in [0.05, 0.1) is 22.7 Å². The Morgan fingerprint density at radius 3 is 1.76 bits per heavy atom. The molecule has 11 heteroatoms. The Labute approximate surface area is 226 Å². The number of nitrogens with zero attached hydrogens (tertiary/aromatic N) is 1. The molecule has 1 heterocycles. The number of carbonyl (C=O) groups is 3. The molecular weight excluding hydrogens is 525 g/mol. The van der Waals surface area contributed by atoms with E-state index in [9.17, 15) is 14.4 Å². The molecule has 2 aromatic rings. The van der Waals surface area contributed by atoms with Crippen LogP contribution in [0.3, 0.4) is 0 Å². The summed E-state index contributed by atoms with van der Waals surface area (Å²) < 4.78 is 27.4. The number of Topliss-reactive ketones (excluding diaryl/α,β-unsaturated/α-hetero) is 1. The van der Waals surface area contributed by atoms with Gasteiger partial charge in [-0.1, -0.05) is 23.2 Å². The second-order valence-corrected chi connectivity index (χ2v) is 10.7. The number of halogens is 2. The summed E-state index contributed by atoms with van der Waals surface area (Å²) in [6, 6.07) is 2.93. The fourth-order valence-corrected chi connectivity index (χ4v) is 3.57. The van der Waals surface area contributed by atoms with Crippen LogP contribution < -0.4 is 14.2 Å². The zero-order chi connectivity index (χ0) is 28.0. The minimum atomic E-state index is -0.752. The van der Waals surface area contributed by atoms with Crippen molar-refractivity contribution in [3.8, 4) is 17.2 Å². The highest BCUT2D eigenvalue weighted by Gasteiger charge is 2.26. The molecule has 37 heavy (non-hydrogen) atoms. The topological polar surface area (TPSA) is 110 Å². The van der Waals surface area contributed by atoms with Crippen LogP contribution in [0.1, 0.15) is 57.5 Å². The first kappa shape index (κ1) is 30.2. The number of carbonyl (C=O) groups excluding carboxylic acids is 3. The van der Waals surface area contributed by atoms with Gasteiger partial charge < -0.3 is 23.7 Å². The number of hydrogen-bond donors (Lipinski definition) is 0. The van der Waals surface area contributed by atoms with Gasteiger partial charge in [-0.25, -0.2) is 9.59 Å². The predicted octanol–water partition coefficient (Wildman–Crippen LogP) is 5.26. The molecule has 0 atom stereocenters. The maximum absolute atomic E-state index is 13.4. The fraction of sp³-hybridized carbons (Fsp3) is 0.462. The van der Waals surface area contributed by atoms with Crippen molar-refractivity contribution in [3.05, 3.63) is 45.7 Å². The molecule has 0 unspecified atom stereocenters. The Morgan fingerprint density at radius 1 is 0.811 bits per heavy atom. The lowest BCUT2D eigenvalue weighted by atomic mass is 10.0. The molecule has 202 valence electrons. The molecule has 0 aliphatic rings. The molecule has 0 N–H and O–H groups in total. The molecule has 0 amide bonds. The Kier molecular flexibility index (Phi) is 10.2. The summed E-state index contributed by atoms with van der Waals surface area (Å²) >= 11 is 12.4. The van der Waals surface area contributed by atoms with Crippen LogP contribution in [0.15, 0.2) is 24.5 Å². The van der Waals surface area contributed by atoms with Crippen molar-refractivity contribution < 1.29 is 38.1 Å². The van der Waals surface area contributed by atoms with E-state index in [1.165, 1.54) is 31.6 Å². The van der Waals surface area contributed by atoms with Crippen LogP contribution in [0.25, 0.3) is 0 Å². The van der Waals surface area contributed by atoms with Crippen molar-refractivity contribution >= 4 is 40.9 Å². The van der Waals surface area contributed by atoms with Crippen LogP contribution in [-0.2, 0) is 25.5 Å². The molecule has 0 saturated carbocycles. The number of esters is 2. The lowest BCUT2D eigenvalue weighted by Gasteiger charge is -2.22. The number of ketones is 1. The van der Waals surface area contributed by atoms with Crippen molar-refractivity contribution in [2.75, 3.05) is 20.3 Å². The van der Waals surface area contributed by atoms with Gasteiger partial charge in [0.2, 0.25) is 5.75 Å². The van der Waals surface area contributed by atoms with E-state index in [1.54, 1.807) is 41.5 Å². The van der Waals surface area contributed by atoms with E-state index in [0.717, 1.165) is 0 Å². The van der Waals surface area contributed by atoms with Crippen molar-refractivity contribution in [2.45, 2.75) is 59.2 Å². The summed E-state index contributed by atoms with van der Waals surface area (Å²) in [6.07, 6.45) is 2.56. The van der Waals surface area contributed by atoms with Gasteiger partial charge in [0, 0.05) is 24.4 Å². The zero-order valence-electron chi connectivity index (χ0n) is 21.9. The highest BCUT2D eigenvalue weighted by molar-refractivity contribution is 6.36. The number of benzene rings is 1. The second-order valence-electron chi connectivity index (χ2n) is 9.91. The van der Waals surface area contributed by atoms with Crippen LogP contribution in [0.4, 0.5) is 0 Å². The molecule has 0 fully saturated rings. The van der Waals surface area contributed by atoms with Gasteiger partial charge in [0.1, 0.15) is 11.2 Å². The minimum absolute atomic E-state index is 0.0486. The van der Waals surface area contributed by atoms with Crippen molar-refractivity contribution in [1.82, 2.24) is 4.98 Å². The van der Waals surface area contributed by atoms with E-state index in [4.69, 9.17) is 46.9 Å². The van der Waals surface area contributed by atoms with Crippen molar-refractivity contribution in [2.24, 2.45) is 0 Å². The van der Waals surface area contributed by atoms with Gasteiger partial charge in [0.25, 0.3) is 0 Å². The SMILES string of the molecule is COc1ccc(C(=O)Cc2c(Cl)cncc2Cl)c(OCC(=O)OC(C)(C)C)c1OCC(=O)OC(C)(C)C. The van der Waals surface area contributed by atoms with Crippen LogP contribution >= 0.6 is 23.2 Å². The molecule has 0 aliphatic heterocycles. The first-order valence-electron chi connectivity index (χ1n) is 11.3. The van der Waals surface area contributed by atoms with Gasteiger partial charge in [-0.3, -0.25) is 9.78 Å². The molecule has 0 radical (unpaired) electrons. The summed E-state index contributed by atoms with van der Waals surface area (Å²) in [6.45, 7) is 9.25. The summed E-state index contributed by atoms with van der Waals surface area (Å²) in [4.78, 5) is 41.9. The average molecular weight is 556 g/mol. The molecule has 0 aliphatic carbocycles. The zero-order valence-corrected chi connectivity index (χ0v) is 23.4. The number of methoxy groups -OCH3 is 1. The summed E-state index contributed by atoms with van der Waals surface area (Å²) in [5.41, 5.74) is -1.07. The summed E-state index contributed by atoms with van der Waals surface area (Å²) in [7, 11) is 1.38. The van der Waals surface area contributed by atoms with E-state index in [-0.39, 0.29) is 39.3 Å². The third-order valence-electron chi connectivity index (χ3n) is 4.39. The van der Waals surface area contributed by atoms with Crippen molar-refractivity contribution in [1.29, 1.82) is 0 Å². The second kappa shape index (κ2) is 12.5. The lowest BCUT2D eigenvalue weighted by Crippen LogP contribution is -2.28. The monoisotopic (exact) mass is 555 g/mol. The number of rotatable bonds is 10. The van der Waals surface area contributed by atoms with Gasteiger partial charge in [-0.2, -0.15) is 0 Å². The Bertz CT molecular complexity index is 1130. The van der Waals surface area contributed by atoms with E-state index in [0.29, 0.717) is 5.56 Å². The molecule has 9 nitrogen and oxygen atoms in total. The normalized spacial score (nSPS) is 11.5. The molecule has 1 aromatic heterocycles. The number of ether oxygens (including phenoxy) is 5. The van der Waals surface area contributed by atoms with Gasteiger partial charge in [0.15, 0.2) is 30.5 Å². The summed E-state index contributed by atoms with van der Waals surface area (Å²) in [5, 5.41) is 0.430. The third-order valence-corrected chi connectivity index (χ3v) is 5.05. The molecule has 0 spiro atoms. The van der Waals surface area contributed by atoms with Crippen LogP contribution in [0.2, 0.25) is 10.0 Å². The lowest BCUT2D eigenvalue weighted by molar-refractivity contribution is -0.158. The van der Waals surface area contributed by atoms with Gasteiger partial charge >= 0.3 is 11.9 Å². The van der Waals surface area contributed by atoms with Crippen LogP contribution in [0, 0.1) is 0 Å². The molecule has 0 saturated heterocycles. The third kappa shape index (κ3) is 9.40. The highest BCUT2D eigenvalue weighted by Crippen LogP contribution is 2.41. The Balaban J connectivity index is 2.47. The maximum Gasteiger partial charge on any atom is 0.344 e. The van der Waals surface area contributed by atoms with E-state index in [2.05, 4.69) is 4.98 Å². The first-order chi connectivity index (χ1) is 17.1. The predicted molar refractivity (Wildman–Crippen MR) is 138 cm³/mol. The van der Waals surface area contributed by atoms with Crippen LogP contribution in [0.5, 0.6) is 17.2 Å². The Morgan fingerprint density at radius 2 is 1.30 bits per heavy atom. The van der Waals surface area contributed by atoms with Gasteiger partial charge in [-0.05, 0) is 53.7 Å². The van der Waals surface area contributed by atoms with E-state index >= 15 is 0 Å². The highest BCUT2D eigenvalue weighted by atomic mass is 35.5.